The highest BCUT2D eigenvalue weighted by atomic mass is 16.1. The van der Waals surface area contributed by atoms with Crippen molar-refractivity contribution in [2.45, 2.75) is 53.1 Å². The van der Waals surface area contributed by atoms with Gasteiger partial charge in [-0.1, -0.05) is 30.7 Å². The van der Waals surface area contributed by atoms with E-state index in [0.29, 0.717) is 5.56 Å². The normalized spacial score (nSPS) is 13.9. The maximum atomic E-state index is 12.9. The molecule has 0 aliphatic heterocycles. The van der Waals surface area contributed by atoms with Crippen LogP contribution in [-0.2, 0) is 0 Å². The second-order valence-corrected chi connectivity index (χ2v) is 6.20. The van der Waals surface area contributed by atoms with Crippen LogP contribution < -0.4 is 11.3 Å². The van der Waals surface area contributed by atoms with Gasteiger partial charge < -0.3 is 10.3 Å². The van der Waals surface area contributed by atoms with Crippen molar-refractivity contribution in [1.82, 2.24) is 4.57 Å². The minimum absolute atomic E-state index is 0.0295. The second-order valence-electron chi connectivity index (χ2n) is 6.20. The minimum atomic E-state index is -0.385. The fourth-order valence-corrected chi connectivity index (χ4v) is 2.97. The summed E-state index contributed by atoms with van der Waals surface area (Å²) >= 11 is 0. The molecule has 1 heterocycles. The molecule has 0 amide bonds. The lowest BCUT2D eigenvalue weighted by atomic mass is 9.95. The Morgan fingerprint density at radius 2 is 1.73 bits per heavy atom. The first kappa shape index (κ1) is 16.5. The Balaban J connectivity index is 2.55. The molecular formula is C19H26N2O. The maximum Gasteiger partial charge on any atom is 0.256 e. The molecule has 1 aromatic carbocycles. The standard InChI is InChI=1S/C19H26N2O/c1-6-14(4)21-15(5)8-10-17(19(21)22)18(20)16-9-7-12(2)11-13(16)3/h7-11,14,18H,6,20H2,1-5H3. The van der Waals surface area contributed by atoms with Crippen molar-refractivity contribution >= 4 is 0 Å². The summed E-state index contributed by atoms with van der Waals surface area (Å²) in [5, 5.41) is 0. The van der Waals surface area contributed by atoms with E-state index in [4.69, 9.17) is 5.73 Å². The molecule has 2 aromatic rings. The summed E-state index contributed by atoms with van der Waals surface area (Å²) in [5.74, 6) is 0. The quantitative estimate of drug-likeness (QED) is 0.933. The van der Waals surface area contributed by atoms with E-state index in [1.54, 1.807) is 0 Å². The van der Waals surface area contributed by atoms with Crippen LogP contribution >= 0.6 is 0 Å². The van der Waals surface area contributed by atoms with E-state index in [9.17, 15) is 4.79 Å². The van der Waals surface area contributed by atoms with Crippen molar-refractivity contribution in [3.63, 3.8) is 0 Å². The van der Waals surface area contributed by atoms with Crippen molar-refractivity contribution in [3.8, 4) is 0 Å². The monoisotopic (exact) mass is 298 g/mol. The van der Waals surface area contributed by atoms with Crippen LogP contribution in [0.25, 0.3) is 0 Å². The van der Waals surface area contributed by atoms with Crippen LogP contribution in [0.1, 0.15) is 60.3 Å². The van der Waals surface area contributed by atoms with Crippen LogP contribution in [0.2, 0.25) is 0 Å². The van der Waals surface area contributed by atoms with Crippen LogP contribution in [0.15, 0.2) is 35.1 Å². The average molecular weight is 298 g/mol. The van der Waals surface area contributed by atoms with E-state index >= 15 is 0 Å². The summed E-state index contributed by atoms with van der Waals surface area (Å²) < 4.78 is 1.86. The summed E-state index contributed by atoms with van der Waals surface area (Å²) in [4.78, 5) is 12.9. The summed E-state index contributed by atoms with van der Waals surface area (Å²) in [6.07, 6.45) is 0.920. The van der Waals surface area contributed by atoms with E-state index < -0.39 is 0 Å². The van der Waals surface area contributed by atoms with Gasteiger partial charge in [-0.25, -0.2) is 0 Å². The summed E-state index contributed by atoms with van der Waals surface area (Å²) in [7, 11) is 0. The molecule has 2 unspecified atom stereocenters. The van der Waals surface area contributed by atoms with E-state index in [1.807, 2.05) is 42.7 Å². The summed E-state index contributed by atoms with van der Waals surface area (Å²) in [6, 6.07) is 9.84. The van der Waals surface area contributed by atoms with Gasteiger partial charge in [-0.05, 0) is 57.4 Å². The van der Waals surface area contributed by atoms with Gasteiger partial charge in [0, 0.05) is 17.3 Å². The van der Waals surface area contributed by atoms with E-state index in [1.165, 1.54) is 5.56 Å². The summed E-state index contributed by atoms with van der Waals surface area (Å²) in [5.41, 5.74) is 11.4. The molecule has 2 rings (SSSR count). The first-order valence-corrected chi connectivity index (χ1v) is 7.91. The Morgan fingerprint density at radius 1 is 1.09 bits per heavy atom. The maximum absolute atomic E-state index is 12.9. The van der Waals surface area contributed by atoms with Gasteiger partial charge in [0.15, 0.2) is 0 Å². The molecule has 0 spiro atoms. The van der Waals surface area contributed by atoms with Gasteiger partial charge in [0.25, 0.3) is 5.56 Å². The van der Waals surface area contributed by atoms with E-state index in [0.717, 1.165) is 23.2 Å². The highest BCUT2D eigenvalue weighted by Crippen LogP contribution is 2.22. The Hall–Kier alpha value is -1.87. The molecule has 0 saturated carbocycles. The Kier molecular flexibility index (Phi) is 4.87. The van der Waals surface area contributed by atoms with Gasteiger partial charge in [-0.15, -0.1) is 0 Å². The Morgan fingerprint density at radius 3 is 2.32 bits per heavy atom. The third kappa shape index (κ3) is 3.00. The molecule has 0 aliphatic rings. The molecule has 3 nitrogen and oxygen atoms in total. The molecule has 0 radical (unpaired) electrons. The number of hydrogen-bond acceptors (Lipinski definition) is 2. The number of benzene rings is 1. The van der Waals surface area contributed by atoms with Crippen molar-refractivity contribution in [3.05, 3.63) is 68.6 Å². The molecule has 3 heteroatoms. The van der Waals surface area contributed by atoms with Crippen LogP contribution in [-0.4, -0.2) is 4.57 Å². The molecule has 0 aliphatic carbocycles. The number of rotatable bonds is 4. The second kappa shape index (κ2) is 6.49. The largest absolute Gasteiger partial charge is 0.320 e. The third-order valence-electron chi connectivity index (χ3n) is 4.48. The molecule has 2 N–H and O–H groups in total. The third-order valence-corrected chi connectivity index (χ3v) is 4.48. The number of aryl methyl sites for hydroxylation is 3. The van der Waals surface area contributed by atoms with Gasteiger partial charge in [0.05, 0.1) is 6.04 Å². The van der Waals surface area contributed by atoms with Gasteiger partial charge in [0.1, 0.15) is 0 Å². The number of nitrogens with zero attached hydrogens (tertiary/aromatic N) is 1. The molecule has 2 atom stereocenters. The van der Waals surface area contributed by atoms with E-state index in [2.05, 4.69) is 26.8 Å². The number of pyridine rings is 1. The molecule has 0 bridgehead atoms. The van der Waals surface area contributed by atoms with Crippen molar-refractivity contribution < 1.29 is 0 Å². The molecule has 118 valence electrons. The molecular weight excluding hydrogens is 272 g/mol. The fourth-order valence-electron chi connectivity index (χ4n) is 2.97. The van der Waals surface area contributed by atoms with Gasteiger partial charge >= 0.3 is 0 Å². The van der Waals surface area contributed by atoms with Crippen molar-refractivity contribution in [2.24, 2.45) is 5.73 Å². The topological polar surface area (TPSA) is 48.0 Å². The molecule has 1 aromatic heterocycles. The zero-order valence-corrected chi connectivity index (χ0v) is 14.2. The summed E-state index contributed by atoms with van der Waals surface area (Å²) in [6.45, 7) is 10.2. The lowest BCUT2D eigenvalue weighted by molar-refractivity contribution is 0.497. The number of nitrogens with two attached hydrogens (primary N) is 1. The first-order valence-electron chi connectivity index (χ1n) is 7.91. The molecule has 0 fully saturated rings. The van der Waals surface area contributed by atoms with Crippen molar-refractivity contribution in [2.75, 3.05) is 0 Å². The highest BCUT2D eigenvalue weighted by molar-refractivity contribution is 5.38. The van der Waals surface area contributed by atoms with Crippen LogP contribution in [0.4, 0.5) is 0 Å². The van der Waals surface area contributed by atoms with Crippen LogP contribution in [0.5, 0.6) is 0 Å². The van der Waals surface area contributed by atoms with Crippen molar-refractivity contribution in [1.29, 1.82) is 0 Å². The highest BCUT2D eigenvalue weighted by Gasteiger charge is 2.18. The smallest absolute Gasteiger partial charge is 0.256 e. The fraction of sp³-hybridized carbons (Fsp3) is 0.421. The zero-order valence-electron chi connectivity index (χ0n) is 14.2. The Labute approximate surface area is 132 Å². The van der Waals surface area contributed by atoms with Crippen LogP contribution in [0, 0.1) is 20.8 Å². The predicted octanol–water partition coefficient (Wildman–Crippen LogP) is 3.79. The average Bonchev–Trinajstić information content (AvgIpc) is 2.46. The Bertz CT molecular complexity index is 731. The molecule has 0 saturated heterocycles. The first-order chi connectivity index (χ1) is 10.4. The minimum Gasteiger partial charge on any atom is -0.320 e. The SMILES string of the molecule is CCC(C)n1c(C)ccc(C(N)c2ccc(C)cc2C)c1=O. The van der Waals surface area contributed by atoms with Crippen LogP contribution in [0.3, 0.4) is 0 Å². The van der Waals surface area contributed by atoms with Gasteiger partial charge in [0.2, 0.25) is 0 Å². The number of aromatic nitrogens is 1. The zero-order chi connectivity index (χ0) is 16.4. The predicted molar refractivity (Wildman–Crippen MR) is 92.4 cm³/mol. The lowest BCUT2D eigenvalue weighted by Crippen LogP contribution is -2.31. The van der Waals surface area contributed by atoms with Gasteiger partial charge in [-0.3, -0.25) is 4.79 Å². The van der Waals surface area contributed by atoms with E-state index in [-0.39, 0.29) is 17.6 Å². The van der Waals surface area contributed by atoms with Gasteiger partial charge in [-0.2, -0.15) is 0 Å². The number of hydrogen-bond donors (Lipinski definition) is 1. The molecule has 22 heavy (non-hydrogen) atoms. The lowest BCUT2D eigenvalue weighted by Gasteiger charge is -2.21.